The van der Waals surface area contributed by atoms with Gasteiger partial charge in [-0.2, -0.15) is 0 Å². The molecule has 1 saturated carbocycles. The number of para-hydroxylation sites is 1. The second kappa shape index (κ2) is 4.65. The summed E-state index contributed by atoms with van der Waals surface area (Å²) in [6, 6.07) is 19.4. The minimum Gasteiger partial charge on any atom is -0.426 e. The molecule has 0 amide bonds. The van der Waals surface area contributed by atoms with Gasteiger partial charge in [0.05, 0.1) is 5.92 Å². The Hall–Kier alpha value is -2.09. The molecule has 0 spiro atoms. The van der Waals surface area contributed by atoms with Crippen LogP contribution < -0.4 is 4.74 Å². The number of ether oxygens (including phenoxy) is 1. The number of hydrogen-bond donors (Lipinski definition) is 0. The molecule has 0 aromatic heterocycles. The topological polar surface area (TPSA) is 26.3 Å². The van der Waals surface area contributed by atoms with E-state index in [0.717, 1.165) is 6.42 Å². The van der Waals surface area contributed by atoms with Crippen molar-refractivity contribution in [2.24, 2.45) is 5.92 Å². The summed E-state index contributed by atoms with van der Waals surface area (Å²) in [6.07, 6.45) is 0.898. The third-order valence-electron chi connectivity index (χ3n) is 3.28. The SMILES string of the molecule is O=C(Oc1ccccc1)[C@@H]1C[C@H]1c1ccccc1. The Balaban J connectivity index is 1.63. The van der Waals surface area contributed by atoms with E-state index in [-0.39, 0.29) is 11.9 Å². The van der Waals surface area contributed by atoms with E-state index in [1.165, 1.54) is 5.56 Å². The molecule has 0 heterocycles. The lowest BCUT2D eigenvalue weighted by molar-refractivity contribution is -0.135. The molecule has 0 aliphatic heterocycles. The van der Waals surface area contributed by atoms with Crippen LogP contribution in [0.4, 0.5) is 0 Å². The Bertz CT molecular complexity index is 534. The monoisotopic (exact) mass is 238 g/mol. The Morgan fingerprint density at radius 1 is 0.944 bits per heavy atom. The van der Waals surface area contributed by atoms with Crippen molar-refractivity contribution in [2.45, 2.75) is 12.3 Å². The highest BCUT2D eigenvalue weighted by molar-refractivity contribution is 5.79. The highest BCUT2D eigenvalue weighted by atomic mass is 16.5. The van der Waals surface area contributed by atoms with Gasteiger partial charge in [-0.05, 0) is 30.0 Å². The molecule has 1 aliphatic rings. The van der Waals surface area contributed by atoms with Gasteiger partial charge >= 0.3 is 5.97 Å². The average molecular weight is 238 g/mol. The molecular formula is C16H14O2. The first-order chi connectivity index (χ1) is 8.84. The number of carbonyl (C=O) groups excluding carboxylic acids is 1. The first-order valence-electron chi connectivity index (χ1n) is 6.16. The van der Waals surface area contributed by atoms with Gasteiger partial charge in [0.2, 0.25) is 0 Å². The van der Waals surface area contributed by atoms with E-state index in [2.05, 4.69) is 12.1 Å². The fourth-order valence-electron chi connectivity index (χ4n) is 2.20. The Kier molecular flexibility index (Phi) is 2.85. The lowest BCUT2D eigenvalue weighted by atomic mass is 10.1. The van der Waals surface area contributed by atoms with Crippen molar-refractivity contribution in [2.75, 3.05) is 0 Å². The molecule has 2 nitrogen and oxygen atoms in total. The van der Waals surface area contributed by atoms with E-state index < -0.39 is 0 Å². The van der Waals surface area contributed by atoms with Crippen molar-refractivity contribution >= 4 is 5.97 Å². The van der Waals surface area contributed by atoms with E-state index in [0.29, 0.717) is 11.7 Å². The first-order valence-corrected chi connectivity index (χ1v) is 6.16. The summed E-state index contributed by atoms with van der Waals surface area (Å²) in [5, 5.41) is 0. The second-order valence-corrected chi connectivity index (χ2v) is 4.59. The fourth-order valence-corrected chi connectivity index (χ4v) is 2.20. The molecule has 0 bridgehead atoms. The zero-order chi connectivity index (χ0) is 12.4. The molecular weight excluding hydrogens is 224 g/mol. The molecule has 18 heavy (non-hydrogen) atoms. The highest BCUT2D eigenvalue weighted by Crippen LogP contribution is 2.48. The summed E-state index contributed by atoms with van der Waals surface area (Å²) in [5.74, 6) is 0.867. The van der Waals surface area contributed by atoms with Gasteiger partial charge in [-0.25, -0.2) is 0 Å². The summed E-state index contributed by atoms with van der Waals surface area (Å²) in [7, 11) is 0. The van der Waals surface area contributed by atoms with Crippen molar-refractivity contribution < 1.29 is 9.53 Å². The first kappa shape index (κ1) is 11.0. The quantitative estimate of drug-likeness (QED) is 0.605. The van der Waals surface area contributed by atoms with Gasteiger partial charge in [-0.15, -0.1) is 0 Å². The lowest BCUT2D eigenvalue weighted by Gasteiger charge is -2.03. The third kappa shape index (κ3) is 2.28. The maximum atomic E-state index is 11.9. The van der Waals surface area contributed by atoms with Crippen molar-refractivity contribution in [3.8, 4) is 5.75 Å². The zero-order valence-electron chi connectivity index (χ0n) is 9.95. The van der Waals surface area contributed by atoms with Crippen LogP contribution in [-0.4, -0.2) is 5.97 Å². The van der Waals surface area contributed by atoms with Gasteiger partial charge in [0.25, 0.3) is 0 Å². The van der Waals surface area contributed by atoms with Gasteiger partial charge in [0, 0.05) is 0 Å². The maximum Gasteiger partial charge on any atom is 0.314 e. The number of rotatable bonds is 3. The van der Waals surface area contributed by atoms with Gasteiger partial charge in [0.1, 0.15) is 5.75 Å². The van der Waals surface area contributed by atoms with E-state index in [4.69, 9.17) is 4.74 Å². The molecule has 0 unspecified atom stereocenters. The van der Waals surface area contributed by atoms with Crippen LogP contribution in [0.15, 0.2) is 60.7 Å². The summed E-state index contributed by atoms with van der Waals surface area (Å²) in [4.78, 5) is 11.9. The number of carbonyl (C=O) groups is 1. The maximum absolute atomic E-state index is 11.9. The van der Waals surface area contributed by atoms with Gasteiger partial charge < -0.3 is 4.74 Å². The minimum absolute atomic E-state index is 0.0209. The van der Waals surface area contributed by atoms with Gasteiger partial charge in [0.15, 0.2) is 0 Å². The second-order valence-electron chi connectivity index (χ2n) is 4.59. The van der Waals surface area contributed by atoms with Gasteiger partial charge in [-0.3, -0.25) is 4.79 Å². The van der Waals surface area contributed by atoms with Crippen LogP contribution in [0.5, 0.6) is 5.75 Å². The summed E-state index contributed by atoms with van der Waals surface area (Å²) in [6.45, 7) is 0. The van der Waals surface area contributed by atoms with Crippen LogP contribution in [0.1, 0.15) is 17.9 Å². The molecule has 2 aromatic carbocycles. The van der Waals surface area contributed by atoms with Crippen LogP contribution >= 0.6 is 0 Å². The van der Waals surface area contributed by atoms with Crippen molar-refractivity contribution in [3.63, 3.8) is 0 Å². The molecule has 2 atom stereocenters. The molecule has 1 aliphatic carbocycles. The number of esters is 1. The molecule has 0 radical (unpaired) electrons. The van der Waals surface area contributed by atoms with Crippen molar-refractivity contribution in [1.82, 2.24) is 0 Å². The van der Waals surface area contributed by atoms with Crippen LogP contribution in [0.25, 0.3) is 0 Å². The highest BCUT2D eigenvalue weighted by Gasteiger charge is 2.45. The summed E-state index contributed by atoms with van der Waals surface area (Å²) < 4.78 is 5.35. The third-order valence-corrected chi connectivity index (χ3v) is 3.28. The lowest BCUT2D eigenvalue weighted by Crippen LogP contribution is -2.11. The largest absolute Gasteiger partial charge is 0.426 e. The van der Waals surface area contributed by atoms with E-state index >= 15 is 0 Å². The van der Waals surface area contributed by atoms with Crippen LogP contribution in [-0.2, 0) is 4.79 Å². The number of hydrogen-bond acceptors (Lipinski definition) is 2. The smallest absolute Gasteiger partial charge is 0.314 e. The van der Waals surface area contributed by atoms with Gasteiger partial charge in [-0.1, -0.05) is 48.5 Å². The van der Waals surface area contributed by atoms with Crippen LogP contribution in [0, 0.1) is 5.92 Å². The fraction of sp³-hybridized carbons (Fsp3) is 0.188. The minimum atomic E-state index is -0.116. The molecule has 2 aromatic rings. The Labute approximate surface area is 106 Å². The van der Waals surface area contributed by atoms with Crippen LogP contribution in [0.3, 0.4) is 0 Å². The normalized spacial score (nSPS) is 21.3. The standard InChI is InChI=1S/C16H14O2/c17-16(18-13-9-5-2-6-10-13)15-11-14(15)12-7-3-1-4-8-12/h1-10,14-15H,11H2/t14-,15+/m0/s1. The van der Waals surface area contributed by atoms with Crippen molar-refractivity contribution in [3.05, 3.63) is 66.2 Å². The van der Waals surface area contributed by atoms with E-state index in [1.54, 1.807) is 12.1 Å². The number of benzene rings is 2. The predicted octanol–water partition coefficient (Wildman–Crippen LogP) is 3.40. The summed E-state index contributed by atoms with van der Waals surface area (Å²) in [5.41, 5.74) is 1.23. The molecule has 3 rings (SSSR count). The molecule has 0 saturated heterocycles. The molecule has 2 heteroatoms. The molecule has 90 valence electrons. The molecule has 0 N–H and O–H groups in total. The molecule has 1 fully saturated rings. The van der Waals surface area contributed by atoms with E-state index in [1.807, 2.05) is 36.4 Å². The summed E-state index contributed by atoms with van der Waals surface area (Å²) >= 11 is 0. The zero-order valence-corrected chi connectivity index (χ0v) is 9.95. The van der Waals surface area contributed by atoms with E-state index in [9.17, 15) is 4.79 Å². The Morgan fingerprint density at radius 3 is 2.22 bits per heavy atom. The Morgan fingerprint density at radius 2 is 1.56 bits per heavy atom. The van der Waals surface area contributed by atoms with Crippen molar-refractivity contribution in [1.29, 1.82) is 0 Å². The average Bonchev–Trinajstić information content (AvgIpc) is 3.21. The predicted molar refractivity (Wildman–Crippen MR) is 69.4 cm³/mol. The van der Waals surface area contributed by atoms with Crippen LogP contribution in [0.2, 0.25) is 0 Å².